The van der Waals surface area contributed by atoms with Gasteiger partial charge in [-0.3, -0.25) is 4.79 Å². The van der Waals surface area contributed by atoms with Crippen molar-refractivity contribution in [2.75, 3.05) is 6.61 Å². The van der Waals surface area contributed by atoms with Gasteiger partial charge < -0.3 is 14.6 Å². The molecular formula is C20H20N2O3. The van der Waals surface area contributed by atoms with Crippen molar-refractivity contribution < 1.29 is 14.1 Å². The fourth-order valence-electron chi connectivity index (χ4n) is 2.27. The largest absolute Gasteiger partial charge is 0.484 e. The average molecular weight is 336 g/mol. The lowest BCUT2D eigenvalue weighted by atomic mass is 10.1. The summed E-state index contributed by atoms with van der Waals surface area (Å²) in [5.74, 6) is 1.14. The number of hydrogen-bond donors (Lipinski definition) is 1. The molecule has 2 aromatic carbocycles. The van der Waals surface area contributed by atoms with Crippen LogP contribution in [0.3, 0.4) is 0 Å². The Morgan fingerprint density at radius 1 is 1.04 bits per heavy atom. The monoisotopic (exact) mass is 336 g/mol. The van der Waals surface area contributed by atoms with Gasteiger partial charge in [0.1, 0.15) is 11.4 Å². The third-order valence-corrected chi connectivity index (χ3v) is 3.75. The molecule has 3 rings (SSSR count). The van der Waals surface area contributed by atoms with E-state index in [1.165, 1.54) is 5.56 Å². The van der Waals surface area contributed by atoms with Crippen LogP contribution in [0, 0.1) is 13.8 Å². The summed E-state index contributed by atoms with van der Waals surface area (Å²) in [6, 6.07) is 17.4. The lowest BCUT2D eigenvalue weighted by Gasteiger charge is -2.06. The number of benzene rings is 2. The molecule has 1 amide bonds. The van der Waals surface area contributed by atoms with Crippen LogP contribution in [0.5, 0.6) is 5.75 Å². The molecular weight excluding hydrogens is 316 g/mol. The zero-order valence-electron chi connectivity index (χ0n) is 14.3. The lowest BCUT2D eigenvalue weighted by molar-refractivity contribution is -0.123. The lowest BCUT2D eigenvalue weighted by Crippen LogP contribution is -2.28. The Bertz CT molecular complexity index is 836. The first-order valence-electron chi connectivity index (χ1n) is 8.09. The Morgan fingerprint density at radius 3 is 2.36 bits per heavy atom. The number of nitrogens with one attached hydrogen (secondary N) is 1. The smallest absolute Gasteiger partial charge is 0.258 e. The van der Waals surface area contributed by atoms with E-state index < -0.39 is 0 Å². The SMILES string of the molecule is Cc1ccc(OCC(=O)NCc2cc(-c3ccc(C)cc3)on2)cc1. The van der Waals surface area contributed by atoms with Crippen LogP contribution < -0.4 is 10.1 Å². The molecule has 0 aliphatic carbocycles. The van der Waals surface area contributed by atoms with E-state index >= 15 is 0 Å². The molecule has 1 heterocycles. The topological polar surface area (TPSA) is 64.4 Å². The van der Waals surface area contributed by atoms with E-state index in [1.807, 2.05) is 68.4 Å². The summed E-state index contributed by atoms with van der Waals surface area (Å²) in [6.07, 6.45) is 0. The second-order valence-corrected chi connectivity index (χ2v) is 5.93. The Morgan fingerprint density at radius 2 is 1.68 bits per heavy atom. The first kappa shape index (κ1) is 16.8. The van der Waals surface area contributed by atoms with Crippen LogP contribution >= 0.6 is 0 Å². The van der Waals surface area contributed by atoms with Crippen LogP contribution in [0.4, 0.5) is 0 Å². The van der Waals surface area contributed by atoms with Crippen molar-refractivity contribution >= 4 is 5.91 Å². The molecule has 0 saturated heterocycles. The van der Waals surface area contributed by atoms with Crippen molar-refractivity contribution in [1.29, 1.82) is 0 Å². The molecule has 0 fully saturated rings. The number of rotatable bonds is 6. The molecule has 3 aromatic rings. The van der Waals surface area contributed by atoms with Crippen LogP contribution in [0.15, 0.2) is 59.1 Å². The third kappa shape index (κ3) is 4.70. The van der Waals surface area contributed by atoms with Gasteiger partial charge in [-0.25, -0.2) is 0 Å². The summed E-state index contributed by atoms with van der Waals surface area (Å²) < 4.78 is 10.8. The number of nitrogens with zero attached hydrogens (tertiary/aromatic N) is 1. The minimum absolute atomic E-state index is 0.0360. The molecule has 0 saturated carbocycles. The molecule has 0 spiro atoms. The summed E-state index contributed by atoms with van der Waals surface area (Å²) in [6.45, 7) is 4.29. The summed E-state index contributed by atoms with van der Waals surface area (Å²) in [5, 5.41) is 6.75. The zero-order chi connectivity index (χ0) is 17.6. The van der Waals surface area contributed by atoms with E-state index in [0.29, 0.717) is 23.7 Å². The van der Waals surface area contributed by atoms with Gasteiger partial charge in [-0.15, -0.1) is 0 Å². The molecule has 0 aliphatic rings. The molecule has 25 heavy (non-hydrogen) atoms. The van der Waals surface area contributed by atoms with Gasteiger partial charge in [-0.05, 0) is 26.0 Å². The van der Waals surface area contributed by atoms with Crippen molar-refractivity contribution in [3.05, 3.63) is 71.4 Å². The quantitative estimate of drug-likeness (QED) is 0.746. The highest BCUT2D eigenvalue weighted by atomic mass is 16.5. The van der Waals surface area contributed by atoms with Crippen LogP contribution in [0.1, 0.15) is 16.8 Å². The van der Waals surface area contributed by atoms with E-state index in [0.717, 1.165) is 11.1 Å². The first-order valence-corrected chi connectivity index (χ1v) is 8.09. The highest BCUT2D eigenvalue weighted by Crippen LogP contribution is 2.20. The maximum absolute atomic E-state index is 11.9. The molecule has 0 radical (unpaired) electrons. The number of aromatic nitrogens is 1. The number of carbonyl (C=O) groups is 1. The summed E-state index contributed by atoms with van der Waals surface area (Å²) in [4.78, 5) is 11.9. The molecule has 0 atom stereocenters. The fourth-order valence-corrected chi connectivity index (χ4v) is 2.27. The summed E-state index contributed by atoms with van der Waals surface area (Å²) in [7, 11) is 0. The molecule has 0 bridgehead atoms. The first-order chi connectivity index (χ1) is 12.1. The third-order valence-electron chi connectivity index (χ3n) is 3.75. The van der Waals surface area contributed by atoms with Gasteiger partial charge in [0.05, 0.1) is 6.54 Å². The second kappa shape index (κ2) is 7.66. The van der Waals surface area contributed by atoms with Crippen LogP contribution in [-0.2, 0) is 11.3 Å². The maximum atomic E-state index is 11.9. The van der Waals surface area contributed by atoms with E-state index in [2.05, 4.69) is 10.5 Å². The molecule has 128 valence electrons. The standard InChI is InChI=1S/C20H20N2O3/c1-14-3-7-16(8-4-14)19-11-17(22-25-19)12-21-20(23)13-24-18-9-5-15(2)6-10-18/h3-11H,12-13H2,1-2H3,(H,21,23). The van der Waals surface area contributed by atoms with E-state index in [4.69, 9.17) is 9.26 Å². The van der Waals surface area contributed by atoms with Crippen molar-refractivity contribution in [1.82, 2.24) is 10.5 Å². The van der Waals surface area contributed by atoms with Crippen molar-refractivity contribution in [3.63, 3.8) is 0 Å². The molecule has 0 aliphatic heterocycles. The Balaban J connectivity index is 1.49. The van der Waals surface area contributed by atoms with E-state index in [9.17, 15) is 4.79 Å². The normalized spacial score (nSPS) is 10.5. The van der Waals surface area contributed by atoms with Crippen LogP contribution in [0.2, 0.25) is 0 Å². The van der Waals surface area contributed by atoms with Gasteiger partial charge in [0.2, 0.25) is 0 Å². The van der Waals surface area contributed by atoms with E-state index in [-0.39, 0.29) is 12.5 Å². The summed E-state index contributed by atoms with van der Waals surface area (Å²) >= 11 is 0. The van der Waals surface area contributed by atoms with Gasteiger partial charge in [-0.2, -0.15) is 0 Å². The molecule has 1 N–H and O–H groups in total. The number of ether oxygens (including phenoxy) is 1. The predicted molar refractivity (Wildman–Crippen MR) is 95.2 cm³/mol. The van der Waals surface area contributed by atoms with Crippen molar-refractivity contribution in [3.8, 4) is 17.1 Å². The predicted octanol–water partition coefficient (Wildman–Crippen LogP) is 3.65. The fraction of sp³-hybridized carbons (Fsp3) is 0.200. The minimum Gasteiger partial charge on any atom is -0.484 e. The molecule has 0 unspecified atom stereocenters. The number of hydrogen-bond acceptors (Lipinski definition) is 4. The summed E-state index contributed by atoms with van der Waals surface area (Å²) in [5.41, 5.74) is 3.95. The zero-order valence-corrected chi connectivity index (χ0v) is 14.3. The van der Waals surface area contributed by atoms with Crippen LogP contribution in [0.25, 0.3) is 11.3 Å². The molecule has 1 aromatic heterocycles. The number of carbonyl (C=O) groups excluding carboxylic acids is 1. The number of aryl methyl sites for hydroxylation is 2. The van der Waals surface area contributed by atoms with Gasteiger partial charge in [0, 0.05) is 11.6 Å². The van der Waals surface area contributed by atoms with Crippen LogP contribution in [-0.4, -0.2) is 17.7 Å². The molecule has 5 nitrogen and oxygen atoms in total. The van der Waals surface area contributed by atoms with Gasteiger partial charge >= 0.3 is 0 Å². The van der Waals surface area contributed by atoms with E-state index in [1.54, 1.807) is 0 Å². The van der Waals surface area contributed by atoms with Gasteiger partial charge in [-0.1, -0.05) is 52.7 Å². The second-order valence-electron chi connectivity index (χ2n) is 5.93. The minimum atomic E-state index is -0.208. The highest BCUT2D eigenvalue weighted by molar-refractivity contribution is 5.77. The Labute approximate surface area is 146 Å². The molecule has 5 heteroatoms. The maximum Gasteiger partial charge on any atom is 0.258 e. The Hall–Kier alpha value is -3.08. The Kier molecular flexibility index (Phi) is 5.14. The van der Waals surface area contributed by atoms with Crippen molar-refractivity contribution in [2.24, 2.45) is 0 Å². The van der Waals surface area contributed by atoms with Crippen molar-refractivity contribution in [2.45, 2.75) is 20.4 Å². The van der Waals surface area contributed by atoms with Gasteiger partial charge in [0.25, 0.3) is 5.91 Å². The van der Waals surface area contributed by atoms with Gasteiger partial charge in [0.15, 0.2) is 12.4 Å². The number of amides is 1. The highest BCUT2D eigenvalue weighted by Gasteiger charge is 2.08. The average Bonchev–Trinajstić information content (AvgIpc) is 3.09.